The second-order valence-corrected chi connectivity index (χ2v) is 12.3. The summed E-state index contributed by atoms with van der Waals surface area (Å²) in [5, 5.41) is 7.95. The van der Waals surface area contributed by atoms with Gasteiger partial charge in [0.15, 0.2) is 12.4 Å². The van der Waals surface area contributed by atoms with Gasteiger partial charge in [0.2, 0.25) is 0 Å². The highest BCUT2D eigenvalue weighted by molar-refractivity contribution is 7.81. The first-order valence-corrected chi connectivity index (χ1v) is 14.8. The number of urea groups is 1. The summed E-state index contributed by atoms with van der Waals surface area (Å²) in [5.74, 6) is -0.203. The third-order valence-electron chi connectivity index (χ3n) is 6.88. The molecule has 0 bridgehead atoms. The summed E-state index contributed by atoms with van der Waals surface area (Å²) >= 11 is 3.40. The van der Waals surface area contributed by atoms with Crippen molar-refractivity contribution in [1.82, 2.24) is 10.3 Å². The van der Waals surface area contributed by atoms with Gasteiger partial charge in [-0.2, -0.15) is 0 Å². The molecule has 1 heterocycles. The minimum absolute atomic E-state index is 0.0448. The second kappa shape index (κ2) is 13.1. The molecular formula is C27H34ClFN5O5S-. The lowest BCUT2D eigenvalue weighted by molar-refractivity contribution is -0.123. The average molecular weight is 595 g/mol. The van der Waals surface area contributed by atoms with Gasteiger partial charge in [0.25, 0.3) is 5.91 Å². The zero-order valence-corrected chi connectivity index (χ0v) is 24.1. The van der Waals surface area contributed by atoms with Crippen LogP contribution < -0.4 is 25.6 Å². The molecule has 218 valence electrons. The molecule has 0 aliphatic heterocycles. The summed E-state index contributed by atoms with van der Waals surface area (Å²) in [6, 6.07) is 5.03. The molecule has 1 aromatic carbocycles. The zero-order valence-electron chi connectivity index (χ0n) is 22.5. The van der Waals surface area contributed by atoms with E-state index in [0.717, 1.165) is 31.7 Å². The molecule has 10 nitrogen and oxygen atoms in total. The van der Waals surface area contributed by atoms with Crippen LogP contribution in [0, 0.1) is 11.7 Å². The number of carbonyl (C=O) groups excluding carboxylic acids is 2. The molecule has 13 heteroatoms. The average Bonchev–Trinajstić information content (AvgIpc) is 3.69. The lowest BCUT2D eigenvalue weighted by Gasteiger charge is -2.37. The number of carbonyl (C=O) groups is 2. The Hall–Kier alpha value is -2.96. The fraction of sp³-hybridized carbons (Fsp3) is 0.519. The van der Waals surface area contributed by atoms with Crippen molar-refractivity contribution in [3.63, 3.8) is 0 Å². The molecule has 1 aromatic heterocycles. The van der Waals surface area contributed by atoms with Gasteiger partial charge in [-0.1, -0.05) is 44.7 Å². The minimum Gasteiger partial charge on any atom is -0.771 e. The van der Waals surface area contributed by atoms with E-state index in [2.05, 4.69) is 39.7 Å². The Labute approximate surface area is 240 Å². The maximum atomic E-state index is 14.3. The lowest BCUT2D eigenvalue weighted by atomic mass is 9.93. The van der Waals surface area contributed by atoms with E-state index in [4.69, 9.17) is 16.3 Å². The molecular weight excluding hydrogens is 561 g/mol. The number of ether oxygens (including phenoxy) is 1. The van der Waals surface area contributed by atoms with Gasteiger partial charge in [-0.15, -0.1) is 0 Å². The predicted molar refractivity (Wildman–Crippen MR) is 152 cm³/mol. The van der Waals surface area contributed by atoms with Crippen molar-refractivity contribution in [3.8, 4) is 5.75 Å². The highest BCUT2D eigenvalue weighted by Crippen LogP contribution is 2.38. The minimum atomic E-state index is -2.42. The third kappa shape index (κ3) is 7.82. The number of nitrogens with one attached hydrogen (secondary N) is 3. The van der Waals surface area contributed by atoms with Crippen molar-refractivity contribution in [1.29, 1.82) is 0 Å². The normalized spacial score (nSPS) is 17.1. The van der Waals surface area contributed by atoms with Crippen molar-refractivity contribution >= 4 is 51.8 Å². The number of hydrogen-bond acceptors (Lipinski definition) is 7. The molecule has 2 fully saturated rings. The number of rotatable bonds is 11. The second-order valence-electron chi connectivity index (χ2n) is 10.6. The number of pyridine rings is 1. The summed E-state index contributed by atoms with van der Waals surface area (Å²) in [5.41, 5.74) is 0.284. The number of benzene rings is 1. The van der Waals surface area contributed by atoms with Crippen molar-refractivity contribution in [2.24, 2.45) is 5.92 Å². The maximum absolute atomic E-state index is 14.3. The van der Waals surface area contributed by atoms with E-state index >= 15 is 0 Å². The van der Waals surface area contributed by atoms with Crippen molar-refractivity contribution in [3.05, 3.63) is 41.3 Å². The number of amides is 3. The van der Waals surface area contributed by atoms with Gasteiger partial charge in [-0.3, -0.25) is 9.00 Å². The largest absolute Gasteiger partial charge is 0.771 e. The van der Waals surface area contributed by atoms with E-state index in [0.29, 0.717) is 36.8 Å². The first kappa shape index (κ1) is 30.0. The molecule has 3 N–H and O–H groups in total. The van der Waals surface area contributed by atoms with Gasteiger partial charge in [0, 0.05) is 23.7 Å². The molecule has 40 heavy (non-hydrogen) atoms. The molecule has 0 spiro atoms. The van der Waals surface area contributed by atoms with E-state index in [1.165, 1.54) is 24.8 Å². The quantitative estimate of drug-likeness (QED) is 0.305. The Morgan fingerprint density at radius 3 is 2.52 bits per heavy atom. The van der Waals surface area contributed by atoms with Crippen LogP contribution in [-0.2, 0) is 15.9 Å². The van der Waals surface area contributed by atoms with Gasteiger partial charge in [0.1, 0.15) is 16.4 Å². The van der Waals surface area contributed by atoms with E-state index in [1.807, 2.05) is 0 Å². The van der Waals surface area contributed by atoms with Crippen LogP contribution in [0.4, 0.5) is 26.4 Å². The number of nitrogens with zero attached hydrogens (tertiary/aromatic N) is 2. The fourth-order valence-electron chi connectivity index (χ4n) is 4.79. The molecule has 3 amide bonds. The molecule has 2 aliphatic carbocycles. The standard InChI is InChI=1S/C27H35ClFN5O5S/c1-17(2)15-34(19-6-4-3-5-7-19)25-23(32-26(36)31-22-9-8-18(28)12-21(22)29)13-20(14-30-25)39-16-24(35)33-27(10-11-27)40(37)38/h8-9,12-14,17,19H,3-7,10-11,15-16H2,1-2H3,(H,33,35)(H,37,38)(H2,31,32,36)/p-1. The number of anilines is 3. The van der Waals surface area contributed by atoms with Gasteiger partial charge < -0.3 is 30.1 Å². The Morgan fingerprint density at radius 2 is 1.90 bits per heavy atom. The van der Waals surface area contributed by atoms with Crippen LogP contribution in [0.15, 0.2) is 30.5 Å². The molecule has 2 aromatic rings. The van der Waals surface area contributed by atoms with E-state index in [9.17, 15) is 22.7 Å². The van der Waals surface area contributed by atoms with E-state index < -0.39 is 40.3 Å². The van der Waals surface area contributed by atoms with Crippen LogP contribution in [0.25, 0.3) is 0 Å². The van der Waals surface area contributed by atoms with Crippen molar-refractivity contribution in [2.75, 3.05) is 28.7 Å². The Kier molecular flexibility index (Phi) is 9.85. The van der Waals surface area contributed by atoms with E-state index in [1.54, 1.807) is 6.07 Å². The van der Waals surface area contributed by atoms with Crippen LogP contribution in [0.1, 0.15) is 58.8 Å². The zero-order chi connectivity index (χ0) is 28.9. The van der Waals surface area contributed by atoms with Crippen LogP contribution >= 0.6 is 11.6 Å². The monoisotopic (exact) mass is 594 g/mol. The molecule has 2 aliphatic rings. The predicted octanol–water partition coefficient (Wildman–Crippen LogP) is 5.18. The van der Waals surface area contributed by atoms with Crippen molar-refractivity contribution < 1.29 is 27.5 Å². The van der Waals surface area contributed by atoms with Crippen molar-refractivity contribution in [2.45, 2.75) is 69.7 Å². The Morgan fingerprint density at radius 1 is 1.20 bits per heavy atom. The highest BCUT2D eigenvalue weighted by Gasteiger charge is 2.45. The molecule has 1 unspecified atom stereocenters. The Bertz CT molecular complexity index is 1260. The summed E-state index contributed by atoms with van der Waals surface area (Å²) in [4.78, 5) is 30.9. The molecule has 0 saturated heterocycles. The topological polar surface area (TPSA) is 136 Å². The third-order valence-corrected chi connectivity index (χ3v) is 8.26. The summed E-state index contributed by atoms with van der Waals surface area (Å²) in [6.45, 7) is 4.49. The summed E-state index contributed by atoms with van der Waals surface area (Å²) in [7, 11) is 0. The first-order valence-electron chi connectivity index (χ1n) is 13.4. The smallest absolute Gasteiger partial charge is 0.323 e. The van der Waals surface area contributed by atoms with Crippen LogP contribution in [0.5, 0.6) is 5.75 Å². The van der Waals surface area contributed by atoms with Gasteiger partial charge >= 0.3 is 6.03 Å². The number of hydrogen-bond donors (Lipinski definition) is 3. The molecule has 2 saturated carbocycles. The summed E-state index contributed by atoms with van der Waals surface area (Å²) in [6.07, 6.45) is 7.56. The molecule has 1 atom stereocenters. The van der Waals surface area contributed by atoms with Crippen LogP contribution in [-0.4, -0.2) is 49.7 Å². The van der Waals surface area contributed by atoms with E-state index in [-0.39, 0.29) is 22.5 Å². The Balaban J connectivity index is 1.56. The van der Waals surface area contributed by atoms with Gasteiger partial charge in [-0.05, 0) is 60.9 Å². The summed E-state index contributed by atoms with van der Waals surface area (Å²) < 4.78 is 42.7. The molecule has 4 rings (SSSR count). The van der Waals surface area contributed by atoms with Crippen LogP contribution in [0.3, 0.4) is 0 Å². The van der Waals surface area contributed by atoms with Crippen LogP contribution in [0.2, 0.25) is 5.02 Å². The SMILES string of the molecule is CC(C)CN(c1ncc(OCC(=O)NC2(S(=O)[O-])CC2)cc1NC(=O)Nc1ccc(Cl)cc1F)C1CCCCC1. The fourth-order valence-corrected chi connectivity index (χ4v) is 5.58. The highest BCUT2D eigenvalue weighted by atomic mass is 35.5. The lowest BCUT2D eigenvalue weighted by Crippen LogP contribution is -2.42. The van der Waals surface area contributed by atoms with Gasteiger partial charge in [-0.25, -0.2) is 14.2 Å². The first-order chi connectivity index (χ1) is 19.1. The number of aromatic nitrogens is 1. The maximum Gasteiger partial charge on any atom is 0.323 e. The molecule has 0 radical (unpaired) electrons. The number of halogens is 2. The van der Waals surface area contributed by atoms with Gasteiger partial charge in [0.05, 0.1) is 17.6 Å².